The van der Waals surface area contributed by atoms with Crippen LogP contribution in [-0.2, 0) is 4.79 Å². The van der Waals surface area contributed by atoms with Gasteiger partial charge in [-0.25, -0.2) is 4.90 Å². The second-order valence-electron chi connectivity index (χ2n) is 8.99. The van der Waals surface area contributed by atoms with Crippen LogP contribution in [-0.4, -0.2) is 26.7 Å². The number of rotatable bonds is 7. The zero-order chi connectivity index (χ0) is 27.0. The smallest absolute Gasteiger partial charge is 0.325 e. The van der Waals surface area contributed by atoms with Crippen LogP contribution in [0.15, 0.2) is 69.0 Å². The zero-order valence-electron chi connectivity index (χ0n) is 21.1. The number of aromatic nitrogens is 3. The van der Waals surface area contributed by atoms with Gasteiger partial charge in [-0.3, -0.25) is 24.7 Å². The monoisotopic (exact) mass is 532 g/mol. The molecule has 38 heavy (non-hydrogen) atoms. The van der Waals surface area contributed by atoms with E-state index < -0.39 is 11.1 Å². The van der Waals surface area contributed by atoms with Gasteiger partial charge in [0.1, 0.15) is 5.76 Å². The number of non-ortho nitro benzene ring substituents is 1. The summed E-state index contributed by atoms with van der Waals surface area (Å²) in [6.45, 7) is 5.33. The molecular weight excluding hydrogens is 506 g/mol. The minimum atomic E-state index is -0.850. The summed E-state index contributed by atoms with van der Waals surface area (Å²) in [5, 5.41) is 16.4. The number of benzene rings is 2. The highest BCUT2D eigenvalue weighted by molar-refractivity contribution is 7.99. The van der Waals surface area contributed by atoms with Crippen LogP contribution in [0.2, 0.25) is 0 Å². The van der Waals surface area contributed by atoms with Crippen LogP contribution in [0.1, 0.15) is 44.2 Å². The Bertz CT molecular complexity index is 1610. The van der Waals surface area contributed by atoms with E-state index in [-0.39, 0.29) is 17.2 Å². The van der Waals surface area contributed by atoms with Crippen molar-refractivity contribution < 1.29 is 18.8 Å². The topological polar surface area (TPSA) is 126 Å². The Labute approximate surface area is 222 Å². The van der Waals surface area contributed by atoms with Gasteiger partial charge < -0.3 is 4.42 Å². The first-order valence-corrected chi connectivity index (χ1v) is 13.2. The second kappa shape index (κ2) is 10.3. The standard InChI is InChI=1S/C27H25N5O5S/c1-4-5-14-38-27-28-25(34)24-20-8-6-7-9-21(20)30(17(3)33)26(31(24)29-27)23-13-12-22(37-23)19-11-10-18(32(35)36)15-16(19)2/h6-13,15,26H,4-5,14H2,1-3H3/p+1. The number of aromatic amines is 1. The molecule has 10 nitrogen and oxygen atoms in total. The number of aryl methyl sites for hydroxylation is 1. The third-order valence-corrected chi connectivity index (χ3v) is 7.35. The third-order valence-electron chi connectivity index (χ3n) is 6.40. The van der Waals surface area contributed by atoms with Crippen molar-refractivity contribution in [3.63, 3.8) is 0 Å². The third kappa shape index (κ3) is 4.49. The fourth-order valence-electron chi connectivity index (χ4n) is 4.62. The van der Waals surface area contributed by atoms with Crippen molar-refractivity contribution in [2.24, 2.45) is 0 Å². The van der Waals surface area contributed by atoms with Gasteiger partial charge in [0.05, 0.1) is 16.2 Å². The SMILES string of the molecule is CCCCSc1n[n+]2c(c(=O)[nH]1)-c1ccccc1N(C(C)=O)C2c1ccc(-c2ccc([N+](=O)[O-])cc2C)o1. The van der Waals surface area contributed by atoms with Crippen molar-refractivity contribution in [1.29, 1.82) is 0 Å². The molecule has 1 amide bonds. The van der Waals surface area contributed by atoms with Gasteiger partial charge >= 0.3 is 17.4 Å². The molecule has 0 radical (unpaired) electrons. The normalized spacial score (nSPS) is 14.2. The maximum atomic E-state index is 13.4. The molecule has 4 aromatic rings. The molecule has 2 aromatic heterocycles. The van der Waals surface area contributed by atoms with E-state index in [1.54, 1.807) is 46.8 Å². The Kier molecular flexibility index (Phi) is 6.85. The van der Waals surface area contributed by atoms with Gasteiger partial charge in [0, 0.05) is 35.5 Å². The lowest BCUT2D eigenvalue weighted by Gasteiger charge is -2.30. The maximum Gasteiger partial charge on any atom is 0.325 e. The van der Waals surface area contributed by atoms with E-state index in [9.17, 15) is 19.7 Å². The molecule has 194 valence electrons. The Balaban J connectivity index is 1.67. The molecule has 1 aliphatic rings. The molecule has 0 spiro atoms. The lowest BCUT2D eigenvalue weighted by atomic mass is 10.0. The van der Waals surface area contributed by atoms with Gasteiger partial charge in [-0.2, -0.15) is 0 Å². The van der Waals surface area contributed by atoms with Crippen LogP contribution in [0.4, 0.5) is 11.4 Å². The van der Waals surface area contributed by atoms with Gasteiger partial charge in [-0.15, -0.1) is 0 Å². The highest BCUT2D eigenvalue weighted by atomic mass is 32.2. The second-order valence-corrected chi connectivity index (χ2v) is 10.1. The number of nitro benzene ring substituents is 1. The summed E-state index contributed by atoms with van der Waals surface area (Å²) >= 11 is 1.45. The van der Waals surface area contributed by atoms with Gasteiger partial charge in [0.2, 0.25) is 11.1 Å². The summed E-state index contributed by atoms with van der Waals surface area (Å²) in [5.41, 5.74) is 2.54. The predicted octanol–water partition coefficient (Wildman–Crippen LogP) is 5.01. The van der Waals surface area contributed by atoms with Crippen LogP contribution >= 0.6 is 11.8 Å². The molecule has 0 fully saturated rings. The van der Waals surface area contributed by atoms with E-state index >= 15 is 0 Å². The number of anilines is 1. The number of amides is 1. The number of nitrogens with zero attached hydrogens (tertiary/aromatic N) is 4. The van der Waals surface area contributed by atoms with Crippen molar-refractivity contribution >= 4 is 29.0 Å². The predicted molar refractivity (Wildman–Crippen MR) is 143 cm³/mol. The zero-order valence-corrected chi connectivity index (χ0v) is 21.9. The number of H-pyrrole nitrogens is 1. The Morgan fingerprint density at radius 3 is 2.71 bits per heavy atom. The number of para-hydroxylation sites is 1. The largest absolute Gasteiger partial charge is 0.452 e. The number of carbonyl (C=O) groups is 1. The summed E-state index contributed by atoms with van der Waals surface area (Å²) in [4.78, 5) is 41.6. The number of fused-ring (bicyclic) bond motifs is 3. The highest BCUT2D eigenvalue weighted by Crippen LogP contribution is 2.39. The van der Waals surface area contributed by atoms with E-state index in [4.69, 9.17) is 9.52 Å². The lowest BCUT2D eigenvalue weighted by molar-refractivity contribution is -0.764. The fraction of sp³-hybridized carbons (Fsp3) is 0.259. The summed E-state index contributed by atoms with van der Waals surface area (Å²) in [6, 6.07) is 15.3. The quantitative estimate of drug-likeness (QED) is 0.117. The molecule has 5 rings (SSSR count). The number of furan rings is 1. The summed E-state index contributed by atoms with van der Waals surface area (Å²) in [6.07, 6.45) is 1.14. The highest BCUT2D eigenvalue weighted by Gasteiger charge is 2.46. The first-order valence-electron chi connectivity index (χ1n) is 12.2. The van der Waals surface area contributed by atoms with Crippen LogP contribution in [0.3, 0.4) is 0 Å². The van der Waals surface area contributed by atoms with Crippen molar-refractivity contribution in [1.82, 2.24) is 10.1 Å². The molecule has 0 aliphatic carbocycles. The molecule has 1 unspecified atom stereocenters. The van der Waals surface area contributed by atoms with E-state index in [2.05, 4.69) is 11.9 Å². The minimum absolute atomic E-state index is 0.00863. The summed E-state index contributed by atoms with van der Waals surface area (Å²) in [7, 11) is 0. The number of unbranched alkanes of at least 4 members (excludes halogenated alkanes) is 1. The molecule has 1 aliphatic heterocycles. The van der Waals surface area contributed by atoms with Crippen LogP contribution < -0.4 is 15.1 Å². The molecule has 0 saturated heterocycles. The average molecular weight is 533 g/mol. The fourth-order valence-corrected chi connectivity index (χ4v) is 5.56. The molecule has 11 heteroatoms. The van der Waals surface area contributed by atoms with Crippen LogP contribution in [0.5, 0.6) is 0 Å². The van der Waals surface area contributed by atoms with Gasteiger partial charge in [-0.05, 0) is 53.9 Å². The number of hydrogen-bond donors (Lipinski definition) is 1. The Morgan fingerprint density at radius 2 is 2.00 bits per heavy atom. The van der Waals surface area contributed by atoms with Gasteiger partial charge in [0.25, 0.3) is 5.69 Å². The van der Waals surface area contributed by atoms with Crippen molar-refractivity contribution in [2.45, 2.75) is 44.9 Å². The number of hydrogen-bond acceptors (Lipinski definition) is 7. The van der Waals surface area contributed by atoms with Crippen molar-refractivity contribution in [3.05, 3.63) is 86.4 Å². The maximum absolute atomic E-state index is 13.4. The minimum Gasteiger partial charge on any atom is -0.452 e. The summed E-state index contributed by atoms with van der Waals surface area (Å²) < 4.78 is 7.84. The van der Waals surface area contributed by atoms with Crippen LogP contribution in [0, 0.1) is 17.0 Å². The van der Waals surface area contributed by atoms with E-state index in [0.717, 1.165) is 18.6 Å². The first kappa shape index (κ1) is 25.4. The molecule has 3 heterocycles. The molecule has 0 bridgehead atoms. The molecule has 0 saturated carbocycles. The Morgan fingerprint density at radius 1 is 1.21 bits per heavy atom. The van der Waals surface area contributed by atoms with Gasteiger partial charge in [-0.1, -0.05) is 37.2 Å². The molecule has 2 aromatic carbocycles. The van der Waals surface area contributed by atoms with Crippen molar-refractivity contribution in [2.75, 3.05) is 10.7 Å². The lowest BCUT2D eigenvalue weighted by Crippen LogP contribution is -2.60. The summed E-state index contributed by atoms with van der Waals surface area (Å²) in [5.74, 6) is 1.43. The molecule has 1 atom stereocenters. The average Bonchev–Trinajstić information content (AvgIpc) is 3.37. The number of nitro groups is 1. The van der Waals surface area contributed by atoms with Crippen LogP contribution in [0.25, 0.3) is 22.6 Å². The van der Waals surface area contributed by atoms with Gasteiger partial charge in [0.15, 0.2) is 5.76 Å². The Hall–Kier alpha value is -4.25. The number of thioether (sulfide) groups is 1. The number of carbonyl (C=O) groups excluding carboxylic acids is 1. The van der Waals surface area contributed by atoms with Crippen molar-refractivity contribution in [3.8, 4) is 22.6 Å². The first-order chi connectivity index (χ1) is 18.3. The van der Waals surface area contributed by atoms with E-state index in [1.165, 1.54) is 30.8 Å². The molecule has 1 N–H and O–H groups in total. The van der Waals surface area contributed by atoms with E-state index in [1.807, 2.05) is 12.1 Å². The van der Waals surface area contributed by atoms with E-state index in [0.29, 0.717) is 44.7 Å². The molecular formula is C27H26N5O5S+. The number of nitrogens with one attached hydrogen (secondary N) is 1.